The smallest absolute Gasteiger partial charge is 0.481 e. The summed E-state index contributed by atoms with van der Waals surface area (Å²) in [5.41, 5.74) is -0.869. The number of aliphatic hydroxyl groups is 1. The van der Waals surface area contributed by atoms with Gasteiger partial charge in [-0.1, -0.05) is 21.6 Å². The van der Waals surface area contributed by atoms with Gasteiger partial charge in [0.15, 0.2) is 0 Å². The first-order valence-electron chi connectivity index (χ1n) is 10.9. The molecule has 1 saturated heterocycles. The fourth-order valence-corrected chi connectivity index (χ4v) is 8.06. The number of hydrogen-bond donors (Lipinski definition) is 7. The van der Waals surface area contributed by atoms with Crippen LogP contribution in [-0.2, 0) is 41.2 Å². The number of carbonyl (C=O) groups excluding carboxylic acids is 1. The number of phosphoric acid groups is 3. The molecule has 1 aliphatic rings. The van der Waals surface area contributed by atoms with Crippen molar-refractivity contribution in [2.45, 2.75) is 44.1 Å². The molecule has 0 radical (unpaired) electrons. The third-order valence-corrected chi connectivity index (χ3v) is 10.8. The van der Waals surface area contributed by atoms with E-state index >= 15 is 0 Å². The van der Waals surface area contributed by atoms with Crippen LogP contribution in [0.4, 0.5) is 5.82 Å². The largest absolute Gasteiger partial charge is 0.490 e. The summed E-state index contributed by atoms with van der Waals surface area (Å²) in [5.74, 6) is -0.276. The number of amides is 1. The van der Waals surface area contributed by atoms with Crippen LogP contribution in [0.3, 0.4) is 0 Å². The summed E-state index contributed by atoms with van der Waals surface area (Å²) in [6.07, 6.45) is -2.13. The number of phosphoric ester groups is 1. The van der Waals surface area contributed by atoms with Crippen LogP contribution in [-0.4, -0.2) is 81.5 Å². The fraction of sp³-hybridized carbons (Fsp3) is 0.625. The van der Waals surface area contributed by atoms with Crippen molar-refractivity contribution < 1.29 is 71.0 Å². The predicted octanol–water partition coefficient (Wildman–Crippen LogP) is 0.810. The van der Waals surface area contributed by atoms with Gasteiger partial charge in [-0.05, 0) is 12.5 Å². The summed E-state index contributed by atoms with van der Waals surface area (Å²) in [4.78, 5) is 74.4. The molecule has 5 atom stereocenters. The monoisotopic (exact) mass is 673 g/mol. The molecule has 5 unspecified atom stereocenters. The highest BCUT2D eigenvalue weighted by molar-refractivity contribution is 8.76. The fourth-order valence-electron chi connectivity index (χ4n) is 2.95. The quantitative estimate of drug-likeness (QED) is 0.0684. The van der Waals surface area contributed by atoms with Gasteiger partial charge in [0.1, 0.15) is 18.1 Å². The number of aromatic nitrogens is 2. The van der Waals surface area contributed by atoms with E-state index in [0.29, 0.717) is 17.9 Å². The molecule has 1 aromatic rings. The number of carbonyl (C=O) groups is 2. The number of ether oxygens (including phenoxy) is 1. The summed E-state index contributed by atoms with van der Waals surface area (Å²) in [5, 5.41) is 21.2. The zero-order valence-electron chi connectivity index (χ0n) is 20.2. The van der Waals surface area contributed by atoms with E-state index in [1.165, 1.54) is 33.9 Å². The average Bonchev–Trinajstić information content (AvgIpc) is 3.14. The number of aliphatic carboxylic acids is 1. The van der Waals surface area contributed by atoms with E-state index in [1.54, 1.807) is 0 Å². The van der Waals surface area contributed by atoms with Crippen molar-refractivity contribution in [2.24, 2.45) is 0 Å². The molecule has 0 aliphatic carbocycles. The number of rotatable bonds is 17. The third kappa shape index (κ3) is 13.2. The van der Waals surface area contributed by atoms with Crippen LogP contribution < -0.4 is 11.0 Å². The summed E-state index contributed by atoms with van der Waals surface area (Å²) < 4.78 is 51.9. The lowest BCUT2D eigenvalue weighted by molar-refractivity contribution is -0.137. The number of carboxylic acid groups (broad SMARTS) is 1. The number of hydrogen-bond acceptors (Lipinski definition) is 14. The summed E-state index contributed by atoms with van der Waals surface area (Å²) in [6, 6.07) is 1.29. The number of nitrogens with zero attached hydrogens (tertiary/aromatic N) is 2. The summed E-state index contributed by atoms with van der Waals surface area (Å²) in [6.45, 7) is -0.909. The Morgan fingerprint density at radius 3 is 2.40 bits per heavy atom. The molecule has 0 saturated carbocycles. The Morgan fingerprint density at radius 2 is 1.77 bits per heavy atom. The minimum Gasteiger partial charge on any atom is -0.481 e. The number of aliphatic hydroxyl groups excluding tert-OH is 1. The van der Waals surface area contributed by atoms with Crippen LogP contribution in [0.5, 0.6) is 0 Å². The molecule has 24 heteroatoms. The van der Waals surface area contributed by atoms with Crippen molar-refractivity contribution in [2.75, 3.05) is 23.4 Å². The van der Waals surface area contributed by atoms with E-state index in [1.807, 2.05) is 0 Å². The summed E-state index contributed by atoms with van der Waals surface area (Å²) >= 11 is 0. The molecule has 0 bridgehead atoms. The molecular formula is C16H26N3O16P3S2. The van der Waals surface area contributed by atoms with Crippen molar-refractivity contribution in [3.8, 4) is 0 Å². The van der Waals surface area contributed by atoms with Gasteiger partial charge in [0.25, 0.3) is 0 Å². The maximum Gasteiger partial charge on any atom is 0.490 e. The standard InChI is InChI=1S/C16H26N3O16P3S2/c20-10-8-14(33-11(10)9-32-37(28,29)35-38(30,31)34-36(25,26)27)19-5-3-12(18-16(19)24)17-13(21)4-7-40-39-6-1-2-15(22)23/h3,5,10-11,14,20H,1-2,4,6-9H2,(H,22,23)(H,28,29)(H,30,31)(H2,25,26,27)(H,17,18,21,24). The van der Waals surface area contributed by atoms with E-state index in [4.69, 9.17) is 24.5 Å². The number of nitrogens with one attached hydrogen (secondary N) is 1. The van der Waals surface area contributed by atoms with Gasteiger partial charge in [-0.3, -0.25) is 18.7 Å². The second-order valence-electron chi connectivity index (χ2n) is 7.76. The molecule has 7 N–H and O–H groups in total. The zero-order chi connectivity index (χ0) is 30.1. The molecule has 1 fully saturated rings. The van der Waals surface area contributed by atoms with E-state index < -0.39 is 66.1 Å². The minimum absolute atomic E-state index is 0.0480. The SMILES string of the molecule is O=C(O)CCCSSCCC(=O)Nc1ccn(C2CC(O)C(COP(=O)(O)OP(=O)(O)OP(=O)(O)O)O2)c(=O)n1. The van der Waals surface area contributed by atoms with E-state index in [2.05, 4.69) is 23.4 Å². The lowest BCUT2D eigenvalue weighted by atomic mass is 10.2. The second-order valence-corrected chi connectivity index (χ2v) is 14.9. The molecule has 0 aromatic carbocycles. The van der Waals surface area contributed by atoms with E-state index in [9.17, 15) is 38.1 Å². The molecule has 2 heterocycles. The van der Waals surface area contributed by atoms with Crippen molar-refractivity contribution in [3.63, 3.8) is 0 Å². The molecular weight excluding hydrogens is 647 g/mol. The second kappa shape index (κ2) is 15.4. The summed E-state index contributed by atoms with van der Waals surface area (Å²) in [7, 11) is -13.9. The van der Waals surface area contributed by atoms with Crippen LogP contribution in [0.1, 0.15) is 31.9 Å². The van der Waals surface area contributed by atoms with Gasteiger partial charge < -0.3 is 39.8 Å². The third-order valence-electron chi connectivity index (χ3n) is 4.54. The van der Waals surface area contributed by atoms with Crippen molar-refractivity contribution in [1.29, 1.82) is 0 Å². The Morgan fingerprint density at radius 1 is 1.10 bits per heavy atom. The van der Waals surface area contributed by atoms with Crippen LogP contribution in [0.25, 0.3) is 0 Å². The topological polar surface area (TPSA) is 291 Å². The minimum atomic E-state index is -5.72. The van der Waals surface area contributed by atoms with Gasteiger partial charge in [0.05, 0.1) is 12.7 Å². The Hall–Kier alpha value is -1.15. The first kappa shape index (κ1) is 35.0. The predicted molar refractivity (Wildman–Crippen MR) is 138 cm³/mol. The highest BCUT2D eigenvalue weighted by Gasteiger charge is 2.43. The van der Waals surface area contributed by atoms with Crippen molar-refractivity contribution in [1.82, 2.24) is 9.55 Å². The highest BCUT2D eigenvalue weighted by atomic mass is 33.1. The first-order valence-corrected chi connectivity index (χ1v) is 17.9. The molecule has 0 spiro atoms. The Kier molecular flexibility index (Phi) is 13.5. The first-order chi connectivity index (χ1) is 18.5. The molecule has 2 rings (SSSR count). The van der Waals surface area contributed by atoms with Crippen molar-refractivity contribution >= 4 is 62.8 Å². The Bertz CT molecular complexity index is 1240. The molecule has 40 heavy (non-hydrogen) atoms. The van der Waals surface area contributed by atoms with Crippen LogP contribution >= 0.6 is 45.1 Å². The zero-order valence-corrected chi connectivity index (χ0v) is 24.5. The average molecular weight is 673 g/mol. The van der Waals surface area contributed by atoms with E-state index in [0.717, 1.165) is 4.57 Å². The Labute approximate surface area is 233 Å². The van der Waals surface area contributed by atoms with Gasteiger partial charge >= 0.3 is 35.1 Å². The number of anilines is 1. The maximum atomic E-state index is 12.4. The Balaban J connectivity index is 1.84. The lowest BCUT2D eigenvalue weighted by Gasteiger charge is -2.19. The molecule has 19 nitrogen and oxygen atoms in total. The van der Waals surface area contributed by atoms with Crippen molar-refractivity contribution in [3.05, 3.63) is 22.7 Å². The van der Waals surface area contributed by atoms with Crippen LogP contribution in [0.15, 0.2) is 17.1 Å². The van der Waals surface area contributed by atoms with Gasteiger partial charge in [-0.15, -0.1) is 0 Å². The lowest BCUT2D eigenvalue weighted by Crippen LogP contribution is -2.29. The van der Waals surface area contributed by atoms with E-state index in [-0.39, 0.29) is 25.1 Å². The molecule has 1 aliphatic heterocycles. The highest BCUT2D eigenvalue weighted by Crippen LogP contribution is 2.66. The van der Waals surface area contributed by atoms with Gasteiger partial charge in [0.2, 0.25) is 5.91 Å². The van der Waals surface area contributed by atoms with Crippen LogP contribution in [0.2, 0.25) is 0 Å². The number of carboxylic acids is 1. The van der Waals surface area contributed by atoms with Crippen LogP contribution in [0, 0.1) is 0 Å². The normalized spacial score (nSPS) is 22.4. The maximum absolute atomic E-state index is 12.4. The molecule has 1 amide bonds. The van der Waals surface area contributed by atoms with Gasteiger partial charge in [-0.25, -0.2) is 18.5 Å². The van der Waals surface area contributed by atoms with Gasteiger partial charge in [0, 0.05) is 37.0 Å². The molecule has 228 valence electrons. The molecule has 1 aromatic heterocycles. The van der Waals surface area contributed by atoms with Gasteiger partial charge in [-0.2, -0.15) is 13.6 Å².